The Morgan fingerprint density at radius 2 is 1.60 bits per heavy atom. The van der Waals surface area contributed by atoms with Gasteiger partial charge in [0, 0.05) is 6.08 Å². The maximum Gasteiger partial charge on any atom is 0.330 e. The predicted octanol–water partition coefficient (Wildman–Crippen LogP) is 6.69. The van der Waals surface area contributed by atoms with E-state index >= 15 is 0 Å². The molecule has 0 radical (unpaired) electrons. The van der Waals surface area contributed by atoms with E-state index < -0.39 is 0 Å². The van der Waals surface area contributed by atoms with Crippen LogP contribution in [-0.4, -0.2) is 12.1 Å². The molecule has 0 heterocycles. The number of hydrogen-bond acceptors (Lipinski definition) is 2. The topological polar surface area (TPSA) is 26.3 Å². The minimum atomic E-state index is -0.238. The minimum Gasteiger partial charge on any atom is -0.459 e. The molecule has 0 spiro atoms. The third-order valence-corrected chi connectivity index (χ3v) is 6.87. The van der Waals surface area contributed by atoms with Crippen molar-refractivity contribution < 1.29 is 9.53 Å². The van der Waals surface area contributed by atoms with E-state index in [1.54, 1.807) is 0 Å². The van der Waals surface area contributed by atoms with Gasteiger partial charge in [-0.2, -0.15) is 0 Å². The van der Waals surface area contributed by atoms with Crippen LogP contribution in [0, 0.1) is 23.7 Å². The summed E-state index contributed by atoms with van der Waals surface area (Å²) in [7, 11) is 0. The summed E-state index contributed by atoms with van der Waals surface area (Å²) >= 11 is 0. The first-order valence-electron chi connectivity index (χ1n) is 11.0. The summed E-state index contributed by atoms with van der Waals surface area (Å²) in [6.07, 6.45) is 18.6. The molecule has 0 bridgehead atoms. The molecule has 2 aliphatic rings. The molecular formula is C23H40O2. The summed E-state index contributed by atoms with van der Waals surface area (Å²) in [5.41, 5.74) is 0. The number of carbonyl (C=O) groups is 1. The van der Waals surface area contributed by atoms with Gasteiger partial charge in [-0.25, -0.2) is 4.79 Å². The molecule has 2 nitrogen and oxygen atoms in total. The number of ether oxygens (including phenoxy) is 1. The van der Waals surface area contributed by atoms with Crippen LogP contribution in [0.4, 0.5) is 0 Å². The van der Waals surface area contributed by atoms with Gasteiger partial charge in [-0.15, -0.1) is 0 Å². The van der Waals surface area contributed by atoms with Crippen molar-refractivity contribution in [3.8, 4) is 0 Å². The van der Waals surface area contributed by atoms with Crippen molar-refractivity contribution in [3.63, 3.8) is 0 Å². The van der Waals surface area contributed by atoms with Gasteiger partial charge in [0.25, 0.3) is 0 Å². The van der Waals surface area contributed by atoms with Crippen LogP contribution in [0.1, 0.15) is 97.3 Å². The van der Waals surface area contributed by atoms with Gasteiger partial charge in [0.2, 0.25) is 0 Å². The monoisotopic (exact) mass is 348 g/mol. The van der Waals surface area contributed by atoms with Gasteiger partial charge < -0.3 is 4.74 Å². The summed E-state index contributed by atoms with van der Waals surface area (Å²) in [4.78, 5) is 11.7. The predicted molar refractivity (Wildman–Crippen MR) is 105 cm³/mol. The lowest BCUT2D eigenvalue weighted by Gasteiger charge is -2.39. The highest BCUT2D eigenvalue weighted by Gasteiger charge is 2.34. The average molecular weight is 349 g/mol. The van der Waals surface area contributed by atoms with E-state index in [9.17, 15) is 4.79 Å². The highest BCUT2D eigenvalue weighted by molar-refractivity contribution is 5.81. The van der Waals surface area contributed by atoms with Crippen LogP contribution in [0.5, 0.6) is 0 Å². The smallest absolute Gasteiger partial charge is 0.330 e. The molecule has 2 saturated carbocycles. The maximum atomic E-state index is 11.7. The van der Waals surface area contributed by atoms with Crippen molar-refractivity contribution >= 4 is 5.97 Å². The first-order chi connectivity index (χ1) is 12.2. The highest BCUT2D eigenvalue weighted by atomic mass is 16.5. The van der Waals surface area contributed by atoms with Crippen molar-refractivity contribution in [2.24, 2.45) is 23.7 Å². The fourth-order valence-corrected chi connectivity index (χ4v) is 5.34. The zero-order valence-corrected chi connectivity index (χ0v) is 16.7. The van der Waals surface area contributed by atoms with E-state index in [0.717, 1.165) is 30.6 Å². The van der Waals surface area contributed by atoms with Crippen LogP contribution >= 0.6 is 0 Å². The molecule has 2 rings (SSSR count). The quantitative estimate of drug-likeness (QED) is 0.343. The van der Waals surface area contributed by atoms with Crippen LogP contribution in [-0.2, 0) is 9.53 Å². The van der Waals surface area contributed by atoms with E-state index in [1.807, 2.05) is 0 Å². The summed E-state index contributed by atoms with van der Waals surface area (Å²) in [5.74, 6) is 3.24. The van der Waals surface area contributed by atoms with Crippen molar-refractivity contribution in [2.75, 3.05) is 0 Å². The van der Waals surface area contributed by atoms with Crippen molar-refractivity contribution in [3.05, 3.63) is 12.7 Å². The second-order valence-electron chi connectivity index (χ2n) is 8.57. The molecule has 1 unspecified atom stereocenters. The zero-order chi connectivity index (χ0) is 18.1. The van der Waals surface area contributed by atoms with Crippen LogP contribution in [0.2, 0.25) is 0 Å². The number of esters is 1. The molecule has 0 aromatic heterocycles. The number of unbranched alkanes of at least 4 members (excludes halogenated alkanes) is 1. The van der Waals surface area contributed by atoms with Crippen molar-refractivity contribution in [1.29, 1.82) is 0 Å². The zero-order valence-electron chi connectivity index (χ0n) is 16.7. The van der Waals surface area contributed by atoms with Crippen LogP contribution in [0.15, 0.2) is 12.7 Å². The minimum absolute atomic E-state index is 0.117. The van der Waals surface area contributed by atoms with Crippen molar-refractivity contribution in [2.45, 2.75) is 103 Å². The van der Waals surface area contributed by atoms with Gasteiger partial charge in [0.05, 0.1) is 0 Å². The largest absolute Gasteiger partial charge is 0.459 e. The Morgan fingerprint density at radius 3 is 2.12 bits per heavy atom. The third-order valence-electron chi connectivity index (χ3n) is 6.87. The van der Waals surface area contributed by atoms with E-state index in [1.165, 1.54) is 76.7 Å². The lowest BCUT2D eigenvalue weighted by Crippen LogP contribution is -2.32. The Morgan fingerprint density at radius 1 is 1.00 bits per heavy atom. The Labute approximate surface area is 155 Å². The van der Waals surface area contributed by atoms with Crippen LogP contribution in [0.3, 0.4) is 0 Å². The molecule has 144 valence electrons. The molecule has 2 fully saturated rings. The molecule has 0 aromatic carbocycles. The van der Waals surface area contributed by atoms with E-state index in [-0.39, 0.29) is 12.1 Å². The molecule has 25 heavy (non-hydrogen) atoms. The summed E-state index contributed by atoms with van der Waals surface area (Å²) in [5, 5.41) is 0. The fraction of sp³-hybridized carbons (Fsp3) is 0.870. The molecule has 0 amide bonds. The molecule has 0 N–H and O–H groups in total. The average Bonchev–Trinajstić information content (AvgIpc) is 2.66. The van der Waals surface area contributed by atoms with Gasteiger partial charge >= 0.3 is 5.97 Å². The van der Waals surface area contributed by atoms with E-state index in [2.05, 4.69) is 20.4 Å². The van der Waals surface area contributed by atoms with Gasteiger partial charge in [-0.3, -0.25) is 0 Å². The SMILES string of the molecule is C=CC(=O)OC(CCCC)C1CCC(C2CCC(CCC)CC2)CC1. The molecule has 2 heteroatoms. The number of rotatable bonds is 9. The summed E-state index contributed by atoms with van der Waals surface area (Å²) in [6.45, 7) is 8.08. The second-order valence-corrected chi connectivity index (χ2v) is 8.57. The Hall–Kier alpha value is -0.790. The third kappa shape index (κ3) is 6.46. The van der Waals surface area contributed by atoms with Gasteiger partial charge in [-0.05, 0) is 68.6 Å². The number of hydrogen-bond donors (Lipinski definition) is 0. The van der Waals surface area contributed by atoms with Gasteiger partial charge in [-0.1, -0.05) is 59.0 Å². The van der Waals surface area contributed by atoms with Crippen LogP contribution < -0.4 is 0 Å². The van der Waals surface area contributed by atoms with Gasteiger partial charge in [0.15, 0.2) is 0 Å². The van der Waals surface area contributed by atoms with Gasteiger partial charge in [0.1, 0.15) is 6.10 Å². The summed E-state index contributed by atoms with van der Waals surface area (Å²) in [6, 6.07) is 0. The Kier molecular flexibility index (Phi) is 9.06. The molecule has 0 aliphatic heterocycles. The second kappa shape index (κ2) is 11.0. The lowest BCUT2D eigenvalue weighted by molar-refractivity contribution is -0.147. The highest BCUT2D eigenvalue weighted by Crippen LogP contribution is 2.43. The normalized spacial score (nSPS) is 31.3. The van der Waals surface area contributed by atoms with E-state index in [4.69, 9.17) is 4.74 Å². The number of carbonyl (C=O) groups excluding carboxylic acids is 1. The summed E-state index contributed by atoms with van der Waals surface area (Å²) < 4.78 is 5.71. The first-order valence-corrected chi connectivity index (χ1v) is 11.0. The molecule has 0 saturated heterocycles. The molecule has 2 aliphatic carbocycles. The molecular weight excluding hydrogens is 308 g/mol. The molecule has 1 atom stereocenters. The molecule has 0 aromatic rings. The first kappa shape index (κ1) is 20.5. The Bertz CT molecular complexity index is 387. The Balaban J connectivity index is 1.78. The maximum absolute atomic E-state index is 11.7. The fourth-order valence-electron chi connectivity index (χ4n) is 5.34. The van der Waals surface area contributed by atoms with Crippen molar-refractivity contribution in [1.82, 2.24) is 0 Å². The van der Waals surface area contributed by atoms with Crippen LogP contribution in [0.25, 0.3) is 0 Å². The van der Waals surface area contributed by atoms with E-state index in [0.29, 0.717) is 5.92 Å². The standard InChI is InChI=1S/C23H40O2/c1-4-7-9-22(25-23(24)6-3)21-16-14-20(15-17-21)19-12-10-18(8-5-2)11-13-19/h6,18-22H,3-5,7-17H2,1-2H3. The lowest BCUT2D eigenvalue weighted by atomic mass is 9.68.